The van der Waals surface area contributed by atoms with Gasteiger partial charge in [-0.25, -0.2) is 14.4 Å². The van der Waals surface area contributed by atoms with Crippen molar-refractivity contribution < 1.29 is 9.18 Å². The minimum Gasteiger partial charge on any atom is -0.306 e. The van der Waals surface area contributed by atoms with Crippen LogP contribution in [0.4, 0.5) is 10.2 Å². The van der Waals surface area contributed by atoms with Crippen molar-refractivity contribution in [2.24, 2.45) is 0 Å². The first-order valence-corrected chi connectivity index (χ1v) is 16.2. The summed E-state index contributed by atoms with van der Waals surface area (Å²) in [5, 5.41) is 7.68. The van der Waals surface area contributed by atoms with Crippen molar-refractivity contribution in [3.8, 4) is 16.8 Å². The SMILES string of the molecule is Cc1ccc(NC(=O)c2ccc(-n3cnc4ccc(-c5cnn(C(c6ccccc6)(c6ccccc6)c6ccccc6)c5)cc43)cc2F)nc1. The number of benzene rings is 5. The molecule has 0 radical (unpaired) electrons. The second-order valence-electron chi connectivity index (χ2n) is 12.1. The van der Waals surface area contributed by atoms with Crippen LogP contribution in [0.15, 0.2) is 164 Å². The predicted octanol–water partition coefficient (Wildman–Crippen LogP) is 8.82. The summed E-state index contributed by atoms with van der Waals surface area (Å²) in [6.45, 7) is 1.90. The molecule has 0 aliphatic carbocycles. The highest BCUT2D eigenvalue weighted by atomic mass is 19.1. The van der Waals surface area contributed by atoms with Crippen LogP contribution in [0.1, 0.15) is 32.6 Å². The van der Waals surface area contributed by atoms with Crippen molar-refractivity contribution in [3.05, 3.63) is 198 Å². The molecular formula is C42H31FN6O. The number of pyridine rings is 1. The van der Waals surface area contributed by atoms with Crippen LogP contribution in [-0.4, -0.2) is 30.2 Å². The highest BCUT2D eigenvalue weighted by Gasteiger charge is 2.39. The number of carbonyl (C=O) groups is 1. The molecule has 5 aromatic carbocycles. The Labute approximate surface area is 288 Å². The van der Waals surface area contributed by atoms with Crippen molar-refractivity contribution in [2.75, 3.05) is 5.32 Å². The van der Waals surface area contributed by atoms with Crippen LogP contribution in [0.2, 0.25) is 0 Å². The number of anilines is 1. The summed E-state index contributed by atoms with van der Waals surface area (Å²) < 4.78 is 19.3. The Hall–Kier alpha value is -6.67. The molecule has 0 atom stereocenters. The number of fused-ring (bicyclic) bond motifs is 1. The first-order valence-electron chi connectivity index (χ1n) is 16.2. The van der Waals surface area contributed by atoms with E-state index in [1.54, 1.807) is 24.7 Å². The largest absolute Gasteiger partial charge is 0.306 e. The van der Waals surface area contributed by atoms with Crippen LogP contribution in [0.3, 0.4) is 0 Å². The van der Waals surface area contributed by atoms with Crippen molar-refractivity contribution in [1.82, 2.24) is 24.3 Å². The fourth-order valence-corrected chi connectivity index (χ4v) is 6.55. The van der Waals surface area contributed by atoms with Crippen LogP contribution in [0.25, 0.3) is 27.8 Å². The summed E-state index contributed by atoms with van der Waals surface area (Å²) >= 11 is 0. The minimum absolute atomic E-state index is 0.0765. The molecule has 0 aliphatic rings. The zero-order chi connectivity index (χ0) is 34.1. The van der Waals surface area contributed by atoms with Gasteiger partial charge in [-0.15, -0.1) is 0 Å². The second kappa shape index (κ2) is 12.7. The zero-order valence-electron chi connectivity index (χ0n) is 27.1. The molecule has 8 heteroatoms. The van der Waals surface area contributed by atoms with E-state index >= 15 is 4.39 Å². The average molecular weight is 655 g/mol. The van der Waals surface area contributed by atoms with Crippen molar-refractivity contribution >= 4 is 22.8 Å². The lowest BCUT2D eigenvalue weighted by molar-refractivity contribution is 0.102. The molecule has 0 aliphatic heterocycles. The Kier molecular flexibility index (Phi) is 7.81. The number of aryl methyl sites for hydroxylation is 1. The second-order valence-corrected chi connectivity index (χ2v) is 12.1. The lowest BCUT2D eigenvalue weighted by atomic mass is 9.77. The van der Waals surface area contributed by atoms with E-state index in [0.29, 0.717) is 11.5 Å². The molecule has 0 bridgehead atoms. The lowest BCUT2D eigenvalue weighted by Crippen LogP contribution is -2.38. The Morgan fingerprint density at radius 2 is 1.36 bits per heavy atom. The number of aromatic nitrogens is 5. The van der Waals surface area contributed by atoms with Gasteiger partial charge in [-0.05, 0) is 71.1 Å². The third-order valence-electron chi connectivity index (χ3n) is 9.01. The molecule has 8 aromatic rings. The highest BCUT2D eigenvalue weighted by molar-refractivity contribution is 6.04. The third kappa shape index (κ3) is 5.42. The van der Waals surface area contributed by atoms with Crippen molar-refractivity contribution in [3.63, 3.8) is 0 Å². The molecule has 50 heavy (non-hydrogen) atoms. The Balaban J connectivity index is 1.18. The molecular weight excluding hydrogens is 624 g/mol. The van der Waals surface area contributed by atoms with Gasteiger partial charge in [0.2, 0.25) is 0 Å². The summed E-state index contributed by atoms with van der Waals surface area (Å²) in [5.74, 6) is -0.864. The number of nitrogens with zero attached hydrogens (tertiary/aromatic N) is 5. The molecule has 3 aromatic heterocycles. The minimum atomic E-state index is -0.741. The number of nitrogens with one attached hydrogen (secondary N) is 1. The van der Waals surface area contributed by atoms with E-state index in [1.807, 2.05) is 64.8 Å². The van der Waals surface area contributed by atoms with Gasteiger partial charge in [-0.3, -0.25) is 14.0 Å². The zero-order valence-corrected chi connectivity index (χ0v) is 27.1. The number of halogens is 1. The molecule has 0 unspecified atom stereocenters. The monoisotopic (exact) mass is 654 g/mol. The summed E-state index contributed by atoms with van der Waals surface area (Å²) in [6.07, 6.45) is 7.25. The Morgan fingerprint density at radius 3 is 1.96 bits per heavy atom. The fourth-order valence-electron chi connectivity index (χ4n) is 6.55. The molecule has 7 nitrogen and oxygen atoms in total. The standard InChI is InChI=1S/C42H31FN6O/c1-29-17-22-40(44-25-29)47-41(50)36-20-19-35(24-37(36)43)48-28-45-38-21-18-30(23-39(38)48)31-26-46-49(27-31)42(32-11-5-2-6-12-32,33-13-7-3-8-14-33)34-15-9-4-10-16-34/h2-28H,1H3,(H,44,47,50). The van der Waals surface area contributed by atoms with E-state index in [4.69, 9.17) is 5.10 Å². The van der Waals surface area contributed by atoms with Gasteiger partial charge in [0, 0.05) is 18.0 Å². The van der Waals surface area contributed by atoms with Crippen LogP contribution in [-0.2, 0) is 5.54 Å². The number of hydrogen-bond donors (Lipinski definition) is 1. The smallest absolute Gasteiger partial charge is 0.259 e. The highest BCUT2D eigenvalue weighted by Crippen LogP contribution is 2.41. The molecule has 0 saturated heterocycles. The van der Waals surface area contributed by atoms with Crippen LogP contribution >= 0.6 is 0 Å². The number of imidazole rings is 1. The topological polar surface area (TPSA) is 77.6 Å². The van der Waals surface area contributed by atoms with E-state index in [-0.39, 0.29) is 5.56 Å². The first-order chi connectivity index (χ1) is 24.5. The van der Waals surface area contributed by atoms with E-state index in [1.165, 1.54) is 12.1 Å². The molecule has 1 amide bonds. The maximum absolute atomic E-state index is 15.4. The van der Waals surface area contributed by atoms with E-state index in [2.05, 4.69) is 94.3 Å². The molecule has 0 fully saturated rings. The van der Waals surface area contributed by atoms with E-state index in [9.17, 15) is 4.79 Å². The van der Waals surface area contributed by atoms with Crippen LogP contribution < -0.4 is 5.32 Å². The van der Waals surface area contributed by atoms with Crippen LogP contribution in [0.5, 0.6) is 0 Å². The van der Waals surface area contributed by atoms with Gasteiger partial charge in [0.05, 0.1) is 28.5 Å². The predicted molar refractivity (Wildman–Crippen MR) is 194 cm³/mol. The van der Waals surface area contributed by atoms with Crippen molar-refractivity contribution in [2.45, 2.75) is 12.5 Å². The number of rotatable bonds is 8. The molecule has 242 valence electrons. The molecule has 1 N–H and O–H groups in total. The molecule has 0 saturated carbocycles. The normalized spacial score (nSPS) is 11.5. The molecule has 0 spiro atoms. The summed E-state index contributed by atoms with van der Waals surface area (Å²) in [6, 6.07) is 45.3. The first kappa shape index (κ1) is 30.7. The third-order valence-corrected chi connectivity index (χ3v) is 9.01. The lowest BCUT2D eigenvalue weighted by Gasteiger charge is -2.36. The van der Waals surface area contributed by atoms with Crippen molar-refractivity contribution in [1.29, 1.82) is 0 Å². The van der Waals surface area contributed by atoms with E-state index in [0.717, 1.165) is 44.4 Å². The Bertz CT molecular complexity index is 2340. The van der Waals surface area contributed by atoms with Gasteiger partial charge >= 0.3 is 0 Å². The maximum Gasteiger partial charge on any atom is 0.259 e. The number of amides is 1. The maximum atomic E-state index is 15.4. The summed E-state index contributed by atoms with van der Waals surface area (Å²) in [5.41, 5.74) is 7.30. The van der Waals surface area contributed by atoms with Gasteiger partial charge < -0.3 is 5.32 Å². The number of carbonyl (C=O) groups excluding carboxylic acids is 1. The summed E-state index contributed by atoms with van der Waals surface area (Å²) in [4.78, 5) is 21.6. The van der Waals surface area contributed by atoms with Gasteiger partial charge in [-0.2, -0.15) is 5.10 Å². The van der Waals surface area contributed by atoms with Gasteiger partial charge in [-0.1, -0.05) is 103 Å². The van der Waals surface area contributed by atoms with Gasteiger partial charge in [0.25, 0.3) is 5.91 Å². The Morgan fingerprint density at radius 1 is 0.700 bits per heavy atom. The van der Waals surface area contributed by atoms with Gasteiger partial charge in [0.15, 0.2) is 0 Å². The fraction of sp³-hybridized carbons (Fsp3) is 0.0476. The van der Waals surface area contributed by atoms with E-state index < -0.39 is 17.3 Å². The van der Waals surface area contributed by atoms with Crippen LogP contribution in [0, 0.1) is 12.7 Å². The average Bonchev–Trinajstić information content (AvgIpc) is 3.82. The van der Waals surface area contributed by atoms with Gasteiger partial charge in [0.1, 0.15) is 23.5 Å². The summed E-state index contributed by atoms with van der Waals surface area (Å²) in [7, 11) is 0. The number of hydrogen-bond acceptors (Lipinski definition) is 4. The molecule has 3 heterocycles. The molecule has 8 rings (SSSR count). The quantitative estimate of drug-likeness (QED) is 0.166.